The molecule has 0 spiro atoms. The third-order valence-corrected chi connectivity index (χ3v) is 4.23. The molecule has 1 fully saturated rings. The lowest BCUT2D eigenvalue weighted by Crippen LogP contribution is -2.32. The van der Waals surface area contributed by atoms with E-state index in [-0.39, 0.29) is 11.7 Å². The summed E-state index contributed by atoms with van der Waals surface area (Å²) in [5, 5.41) is 11.2. The molecule has 21 heavy (non-hydrogen) atoms. The number of halogens is 1. The Morgan fingerprint density at radius 2 is 2.14 bits per heavy atom. The van der Waals surface area contributed by atoms with Crippen LogP contribution in [0.25, 0.3) is 0 Å². The van der Waals surface area contributed by atoms with Crippen LogP contribution < -0.4 is 4.74 Å². The van der Waals surface area contributed by atoms with Gasteiger partial charge in [0.05, 0.1) is 34.2 Å². The minimum Gasteiger partial charge on any atom is -0.495 e. The first-order valence-corrected chi connectivity index (χ1v) is 7.54. The van der Waals surface area contributed by atoms with E-state index < -0.39 is 4.92 Å². The molecule has 0 aromatic heterocycles. The van der Waals surface area contributed by atoms with E-state index in [1.807, 2.05) is 0 Å². The summed E-state index contributed by atoms with van der Waals surface area (Å²) in [4.78, 5) is 17.5. The molecule has 0 amide bonds. The van der Waals surface area contributed by atoms with E-state index >= 15 is 0 Å². The summed E-state index contributed by atoms with van der Waals surface area (Å²) in [6.45, 7) is 2.02. The van der Waals surface area contributed by atoms with Crippen molar-refractivity contribution in [3.63, 3.8) is 0 Å². The van der Waals surface area contributed by atoms with Gasteiger partial charge < -0.3 is 9.64 Å². The molecule has 0 aliphatic carbocycles. The molecule has 7 heteroatoms. The standard InChI is InChI=1S/C14H18BrN3O3/c1-17-5-3-11(4-6-17)16-9-10-7-12(15)14(21-2)8-13(10)18(19)20/h7-9,11H,3-6H2,1-2H3. The van der Waals surface area contributed by atoms with Crippen molar-refractivity contribution in [3.8, 4) is 5.75 Å². The molecule has 6 nitrogen and oxygen atoms in total. The maximum atomic E-state index is 11.2. The molecule has 2 rings (SSSR count). The lowest BCUT2D eigenvalue weighted by atomic mass is 10.1. The molecule has 114 valence electrons. The summed E-state index contributed by atoms with van der Waals surface area (Å²) in [6, 6.07) is 3.33. The van der Waals surface area contributed by atoms with Gasteiger partial charge in [0.25, 0.3) is 5.69 Å². The Morgan fingerprint density at radius 3 is 2.71 bits per heavy atom. The number of benzene rings is 1. The first-order chi connectivity index (χ1) is 10.0. The van der Waals surface area contributed by atoms with Gasteiger partial charge in [0.15, 0.2) is 0 Å². The van der Waals surface area contributed by atoms with Crippen molar-refractivity contribution in [1.82, 2.24) is 4.90 Å². The van der Waals surface area contributed by atoms with Crippen LogP contribution in [0.5, 0.6) is 5.75 Å². The van der Waals surface area contributed by atoms with Crippen LogP contribution in [0.3, 0.4) is 0 Å². The fourth-order valence-corrected chi connectivity index (χ4v) is 2.83. The van der Waals surface area contributed by atoms with Crippen molar-refractivity contribution >= 4 is 27.8 Å². The Hall–Kier alpha value is -1.47. The number of likely N-dealkylation sites (tertiary alicyclic amines) is 1. The fraction of sp³-hybridized carbons (Fsp3) is 0.500. The van der Waals surface area contributed by atoms with E-state index in [2.05, 4.69) is 32.9 Å². The van der Waals surface area contributed by atoms with Gasteiger partial charge >= 0.3 is 0 Å². The smallest absolute Gasteiger partial charge is 0.281 e. The van der Waals surface area contributed by atoms with Crippen LogP contribution >= 0.6 is 15.9 Å². The predicted molar refractivity (Wildman–Crippen MR) is 85.5 cm³/mol. The van der Waals surface area contributed by atoms with Gasteiger partial charge in [0.1, 0.15) is 5.75 Å². The maximum Gasteiger partial charge on any atom is 0.281 e. The van der Waals surface area contributed by atoms with Gasteiger partial charge in [0.2, 0.25) is 0 Å². The minimum absolute atomic E-state index is 0.00623. The third-order valence-electron chi connectivity index (χ3n) is 3.61. The maximum absolute atomic E-state index is 11.2. The summed E-state index contributed by atoms with van der Waals surface area (Å²) in [5.41, 5.74) is 0.498. The fourth-order valence-electron chi connectivity index (χ4n) is 2.31. The SMILES string of the molecule is COc1cc([N+](=O)[O-])c(C=NC2CCN(C)CC2)cc1Br. The summed E-state index contributed by atoms with van der Waals surface area (Å²) < 4.78 is 5.78. The first kappa shape index (κ1) is 15.9. The number of aliphatic imine (C=N–C) groups is 1. The Bertz CT molecular complexity index is 555. The van der Waals surface area contributed by atoms with Crippen LogP contribution in [0.2, 0.25) is 0 Å². The summed E-state index contributed by atoms with van der Waals surface area (Å²) in [7, 11) is 3.57. The number of methoxy groups -OCH3 is 1. The summed E-state index contributed by atoms with van der Waals surface area (Å²) >= 11 is 3.35. The number of ether oxygens (including phenoxy) is 1. The first-order valence-electron chi connectivity index (χ1n) is 6.75. The van der Waals surface area contributed by atoms with E-state index in [1.54, 1.807) is 12.3 Å². The second kappa shape index (κ2) is 7.00. The normalized spacial score (nSPS) is 17.3. The molecule has 1 aromatic carbocycles. The molecule has 0 N–H and O–H groups in total. The van der Waals surface area contributed by atoms with E-state index in [0.29, 0.717) is 15.8 Å². The monoisotopic (exact) mass is 355 g/mol. The van der Waals surface area contributed by atoms with Crippen molar-refractivity contribution < 1.29 is 9.66 Å². The zero-order chi connectivity index (χ0) is 15.4. The molecule has 0 saturated carbocycles. The molecule has 0 atom stereocenters. The lowest BCUT2D eigenvalue weighted by molar-refractivity contribution is -0.385. The highest BCUT2D eigenvalue weighted by Gasteiger charge is 2.18. The molecule has 1 aliphatic heterocycles. The van der Waals surface area contributed by atoms with Gasteiger partial charge in [-0.2, -0.15) is 0 Å². The van der Waals surface area contributed by atoms with Crippen LogP contribution in [0.4, 0.5) is 5.69 Å². The number of piperidine rings is 1. The molecule has 1 aliphatic rings. The van der Waals surface area contributed by atoms with Gasteiger partial charge in [-0.05, 0) is 55.0 Å². The van der Waals surface area contributed by atoms with Crippen LogP contribution in [0, 0.1) is 10.1 Å². The van der Waals surface area contributed by atoms with E-state index in [4.69, 9.17) is 4.74 Å². The molecule has 0 radical (unpaired) electrons. The number of hydrogen-bond acceptors (Lipinski definition) is 5. The Balaban J connectivity index is 2.22. The van der Waals surface area contributed by atoms with Crippen molar-refractivity contribution in [2.24, 2.45) is 4.99 Å². The Morgan fingerprint density at radius 1 is 1.48 bits per heavy atom. The number of nitrogens with zero attached hydrogens (tertiary/aromatic N) is 3. The average molecular weight is 356 g/mol. The van der Waals surface area contributed by atoms with E-state index in [9.17, 15) is 10.1 Å². The van der Waals surface area contributed by atoms with Gasteiger partial charge in [-0.3, -0.25) is 15.1 Å². The van der Waals surface area contributed by atoms with Crippen LogP contribution in [0.15, 0.2) is 21.6 Å². The summed E-state index contributed by atoms with van der Waals surface area (Å²) in [6.07, 6.45) is 3.58. The Kier molecular flexibility index (Phi) is 5.30. The molecular formula is C14H18BrN3O3. The highest BCUT2D eigenvalue weighted by molar-refractivity contribution is 9.10. The second-order valence-corrected chi connectivity index (χ2v) is 5.97. The highest BCUT2D eigenvalue weighted by Crippen LogP contribution is 2.32. The number of nitro benzene ring substituents is 1. The van der Waals surface area contributed by atoms with Crippen LogP contribution in [-0.2, 0) is 0 Å². The predicted octanol–water partition coefficient (Wildman–Crippen LogP) is 2.88. The quantitative estimate of drug-likeness (QED) is 0.473. The van der Waals surface area contributed by atoms with Gasteiger partial charge in [-0.15, -0.1) is 0 Å². The lowest BCUT2D eigenvalue weighted by Gasteiger charge is -2.26. The number of hydrogen-bond donors (Lipinski definition) is 0. The van der Waals surface area contributed by atoms with Crippen molar-refractivity contribution in [2.45, 2.75) is 18.9 Å². The zero-order valence-corrected chi connectivity index (χ0v) is 13.7. The molecular weight excluding hydrogens is 338 g/mol. The Labute approximate surface area is 132 Å². The van der Waals surface area contributed by atoms with Crippen LogP contribution in [-0.4, -0.2) is 49.3 Å². The van der Waals surface area contributed by atoms with E-state index in [0.717, 1.165) is 25.9 Å². The van der Waals surface area contributed by atoms with Gasteiger partial charge in [0, 0.05) is 6.21 Å². The largest absolute Gasteiger partial charge is 0.495 e. The summed E-state index contributed by atoms with van der Waals surface area (Å²) in [5.74, 6) is 0.443. The molecule has 1 saturated heterocycles. The van der Waals surface area contributed by atoms with Gasteiger partial charge in [-0.1, -0.05) is 0 Å². The van der Waals surface area contributed by atoms with Crippen molar-refractivity contribution in [2.75, 3.05) is 27.2 Å². The average Bonchev–Trinajstić information content (AvgIpc) is 2.46. The van der Waals surface area contributed by atoms with Crippen LogP contribution in [0.1, 0.15) is 18.4 Å². The molecule has 1 heterocycles. The molecule has 1 aromatic rings. The topological polar surface area (TPSA) is 68.0 Å². The second-order valence-electron chi connectivity index (χ2n) is 5.12. The van der Waals surface area contributed by atoms with Gasteiger partial charge in [-0.25, -0.2) is 0 Å². The number of nitro groups is 1. The highest BCUT2D eigenvalue weighted by atomic mass is 79.9. The number of rotatable bonds is 4. The van der Waals surface area contributed by atoms with Crippen molar-refractivity contribution in [1.29, 1.82) is 0 Å². The van der Waals surface area contributed by atoms with Crippen molar-refractivity contribution in [3.05, 3.63) is 32.3 Å². The third kappa shape index (κ3) is 4.01. The zero-order valence-electron chi connectivity index (χ0n) is 12.1. The minimum atomic E-state index is -0.412. The molecule has 0 bridgehead atoms. The van der Waals surface area contributed by atoms with E-state index in [1.165, 1.54) is 13.2 Å². The molecule has 0 unspecified atom stereocenters.